The van der Waals surface area contributed by atoms with Crippen LogP contribution in [0.5, 0.6) is 0 Å². The van der Waals surface area contributed by atoms with Gasteiger partial charge in [-0.3, -0.25) is 14.2 Å². The number of hydrogen-bond donors (Lipinski definition) is 1. The van der Waals surface area contributed by atoms with E-state index < -0.39 is 5.25 Å². The second-order valence-electron chi connectivity index (χ2n) is 6.31. The monoisotopic (exact) mass is 496 g/mol. The maximum Gasteiger partial charge on any atom is 0.262 e. The molecule has 1 N–H and O–H groups in total. The van der Waals surface area contributed by atoms with Gasteiger partial charge in [0.2, 0.25) is 5.91 Å². The molecule has 0 aliphatic heterocycles. The molecule has 0 aliphatic rings. The lowest BCUT2D eigenvalue weighted by molar-refractivity contribution is -0.115. The standard InChI is InChI=1S/C19H14Cl2N4O2S3/c1-9(30-19-24-16-11(5-6-28-16)17(27)25(19)2)15(26)23-18-22-14(8-29-18)10-3-4-12(20)13(21)7-10/h3-9H,1-2H3,(H,22,23,26). The topological polar surface area (TPSA) is 76.9 Å². The largest absolute Gasteiger partial charge is 0.301 e. The summed E-state index contributed by atoms with van der Waals surface area (Å²) in [4.78, 5) is 34.7. The third-order valence-electron chi connectivity index (χ3n) is 4.27. The molecule has 4 rings (SSSR count). The molecular weight excluding hydrogens is 483 g/mol. The van der Waals surface area contributed by atoms with E-state index in [4.69, 9.17) is 23.2 Å². The van der Waals surface area contributed by atoms with Crippen LogP contribution in [0.1, 0.15) is 6.92 Å². The number of carbonyl (C=O) groups is 1. The number of benzene rings is 1. The molecule has 0 fully saturated rings. The van der Waals surface area contributed by atoms with Gasteiger partial charge in [0.15, 0.2) is 10.3 Å². The van der Waals surface area contributed by atoms with Crippen LogP contribution < -0.4 is 10.9 Å². The van der Waals surface area contributed by atoms with Crippen molar-refractivity contribution in [2.24, 2.45) is 7.05 Å². The van der Waals surface area contributed by atoms with E-state index in [0.29, 0.717) is 36.2 Å². The van der Waals surface area contributed by atoms with Gasteiger partial charge in [-0.2, -0.15) is 0 Å². The lowest BCUT2D eigenvalue weighted by Gasteiger charge is -2.12. The molecule has 154 valence electrons. The fraction of sp³-hybridized carbons (Fsp3) is 0.158. The number of amides is 1. The van der Waals surface area contributed by atoms with Crippen LogP contribution in [0, 0.1) is 0 Å². The predicted octanol–water partition coefficient (Wildman–Crippen LogP) is 5.54. The fourth-order valence-corrected chi connectivity index (χ4v) is 5.32. The molecule has 4 aromatic rings. The van der Waals surface area contributed by atoms with Gasteiger partial charge in [0, 0.05) is 18.0 Å². The number of carbonyl (C=O) groups excluding carboxylic acids is 1. The summed E-state index contributed by atoms with van der Waals surface area (Å²) in [6.07, 6.45) is 0. The van der Waals surface area contributed by atoms with Gasteiger partial charge in [0.05, 0.1) is 26.4 Å². The molecule has 1 amide bonds. The molecule has 0 saturated carbocycles. The number of thiophene rings is 1. The summed E-state index contributed by atoms with van der Waals surface area (Å²) in [6, 6.07) is 7.02. The van der Waals surface area contributed by atoms with Crippen molar-refractivity contribution in [3.05, 3.63) is 55.4 Å². The van der Waals surface area contributed by atoms with Crippen molar-refractivity contribution in [2.45, 2.75) is 17.3 Å². The molecule has 0 bridgehead atoms. The van der Waals surface area contributed by atoms with Gasteiger partial charge in [0.25, 0.3) is 5.56 Å². The molecule has 1 aromatic carbocycles. The van der Waals surface area contributed by atoms with Gasteiger partial charge in [-0.25, -0.2) is 9.97 Å². The second kappa shape index (κ2) is 8.68. The number of fused-ring (bicyclic) bond motifs is 1. The summed E-state index contributed by atoms with van der Waals surface area (Å²) >= 11 is 16.0. The minimum absolute atomic E-state index is 0.123. The average Bonchev–Trinajstić information content (AvgIpc) is 3.37. The first kappa shape index (κ1) is 21.3. The number of nitrogens with one attached hydrogen (secondary N) is 1. The highest BCUT2D eigenvalue weighted by molar-refractivity contribution is 8.00. The van der Waals surface area contributed by atoms with Crippen LogP contribution in [-0.4, -0.2) is 25.7 Å². The Balaban J connectivity index is 1.48. The first-order valence-electron chi connectivity index (χ1n) is 8.66. The third-order valence-corrected chi connectivity index (χ3v) is 7.71. The van der Waals surface area contributed by atoms with Gasteiger partial charge in [-0.05, 0) is 30.5 Å². The van der Waals surface area contributed by atoms with Crippen LogP contribution in [0.25, 0.3) is 21.5 Å². The molecule has 30 heavy (non-hydrogen) atoms. The highest BCUT2D eigenvalue weighted by Crippen LogP contribution is 2.31. The van der Waals surface area contributed by atoms with Gasteiger partial charge in [0.1, 0.15) is 4.83 Å². The Kier molecular flexibility index (Phi) is 6.17. The van der Waals surface area contributed by atoms with E-state index in [0.717, 1.165) is 5.56 Å². The Morgan fingerprint density at radius 3 is 2.77 bits per heavy atom. The molecule has 3 heterocycles. The van der Waals surface area contributed by atoms with Crippen molar-refractivity contribution in [1.29, 1.82) is 0 Å². The Morgan fingerprint density at radius 2 is 2.00 bits per heavy atom. The van der Waals surface area contributed by atoms with Crippen LogP contribution in [0.3, 0.4) is 0 Å². The van der Waals surface area contributed by atoms with E-state index in [1.165, 1.54) is 39.0 Å². The molecule has 0 radical (unpaired) electrons. The Bertz CT molecular complexity index is 1310. The van der Waals surface area contributed by atoms with Crippen LogP contribution >= 0.6 is 57.6 Å². The maximum absolute atomic E-state index is 12.7. The number of aromatic nitrogens is 3. The Labute approximate surface area is 193 Å². The lowest BCUT2D eigenvalue weighted by atomic mass is 10.2. The van der Waals surface area contributed by atoms with E-state index >= 15 is 0 Å². The van der Waals surface area contributed by atoms with Crippen LogP contribution in [0.2, 0.25) is 10.0 Å². The highest BCUT2D eigenvalue weighted by atomic mass is 35.5. The summed E-state index contributed by atoms with van der Waals surface area (Å²) in [6.45, 7) is 1.76. The number of thioether (sulfide) groups is 1. The van der Waals surface area contributed by atoms with Crippen molar-refractivity contribution in [1.82, 2.24) is 14.5 Å². The molecule has 1 atom stereocenters. The minimum atomic E-state index is -0.474. The molecular formula is C19H14Cl2N4O2S3. The SMILES string of the molecule is CC(Sc1nc2sccc2c(=O)n1C)C(=O)Nc1nc(-c2ccc(Cl)c(Cl)c2)cs1. The maximum atomic E-state index is 12.7. The zero-order valence-corrected chi connectivity index (χ0v) is 19.6. The zero-order chi connectivity index (χ0) is 21.4. The summed E-state index contributed by atoms with van der Waals surface area (Å²) in [5, 5.41) is 8.48. The van der Waals surface area contributed by atoms with E-state index in [-0.39, 0.29) is 11.5 Å². The summed E-state index contributed by atoms with van der Waals surface area (Å²) in [7, 11) is 1.66. The normalized spacial score (nSPS) is 12.3. The molecule has 1 unspecified atom stereocenters. The van der Waals surface area contributed by atoms with Gasteiger partial charge in [-0.1, -0.05) is 41.0 Å². The number of nitrogens with zero attached hydrogens (tertiary/aromatic N) is 3. The van der Waals surface area contributed by atoms with E-state index in [2.05, 4.69) is 15.3 Å². The number of rotatable bonds is 5. The molecule has 0 aliphatic carbocycles. The first-order valence-corrected chi connectivity index (χ1v) is 12.1. The minimum Gasteiger partial charge on any atom is -0.301 e. The van der Waals surface area contributed by atoms with Crippen LogP contribution in [-0.2, 0) is 11.8 Å². The van der Waals surface area contributed by atoms with Crippen molar-refractivity contribution >= 4 is 78.9 Å². The van der Waals surface area contributed by atoms with E-state index in [9.17, 15) is 9.59 Å². The third kappa shape index (κ3) is 4.26. The molecule has 0 spiro atoms. The van der Waals surface area contributed by atoms with E-state index in [1.54, 1.807) is 32.2 Å². The molecule has 3 aromatic heterocycles. The summed E-state index contributed by atoms with van der Waals surface area (Å²) in [5.41, 5.74) is 1.39. The van der Waals surface area contributed by atoms with E-state index in [1.807, 2.05) is 16.8 Å². The van der Waals surface area contributed by atoms with Crippen LogP contribution in [0.4, 0.5) is 5.13 Å². The summed E-state index contributed by atoms with van der Waals surface area (Å²) < 4.78 is 1.47. The summed E-state index contributed by atoms with van der Waals surface area (Å²) in [5.74, 6) is -0.226. The number of anilines is 1. The number of thiazole rings is 1. The molecule has 6 nitrogen and oxygen atoms in total. The second-order valence-corrected chi connectivity index (χ2v) is 10.2. The Morgan fingerprint density at radius 1 is 1.20 bits per heavy atom. The molecule has 0 saturated heterocycles. The molecule has 11 heteroatoms. The van der Waals surface area contributed by atoms with Crippen LogP contribution in [0.15, 0.2) is 45.0 Å². The number of halogens is 2. The predicted molar refractivity (Wildman–Crippen MR) is 126 cm³/mol. The Hall–Kier alpha value is -1.91. The van der Waals surface area contributed by atoms with Crippen molar-refractivity contribution in [2.75, 3.05) is 5.32 Å². The van der Waals surface area contributed by atoms with Crippen molar-refractivity contribution in [3.8, 4) is 11.3 Å². The van der Waals surface area contributed by atoms with Gasteiger partial charge < -0.3 is 5.32 Å². The van der Waals surface area contributed by atoms with Crippen molar-refractivity contribution < 1.29 is 4.79 Å². The first-order chi connectivity index (χ1) is 14.3. The van der Waals surface area contributed by atoms with Gasteiger partial charge >= 0.3 is 0 Å². The smallest absolute Gasteiger partial charge is 0.262 e. The lowest BCUT2D eigenvalue weighted by Crippen LogP contribution is -2.25. The van der Waals surface area contributed by atoms with Crippen molar-refractivity contribution in [3.63, 3.8) is 0 Å². The fourth-order valence-electron chi connectivity index (χ4n) is 2.62. The number of hydrogen-bond acceptors (Lipinski definition) is 7. The highest BCUT2D eigenvalue weighted by Gasteiger charge is 2.20. The quantitative estimate of drug-likeness (QED) is 0.289. The average molecular weight is 497 g/mol. The zero-order valence-electron chi connectivity index (χ0n) is 15.7. The van der Waals surface area contributed by atoms with Gasteiger partial charge in [-0.15, -0.1) is 22.7 Å².